The normalized spacial score (nSPS) is 15.2. The van der Waals surface area contributed by atoms with Crippen molar-refractivity contribution in [2.45, 2.75) is 13.8 Å². The van der Waals surface area contributed by atoms with Gasteiger partial charge >= 0.3 is 0 Å². The highest BCUT2D eigenvalue weighted by atomic mass is 32.2. The summed E-state index contributed by atoms with van der Waals surface area (Å²) in [6, 6.07) is 0. The molecule has 0 aromatic heterocycles. The molecular formula is C5H13NO3S. The van der Waals surface area contributed by atoms with E-state index in [1.54, 1.807) is 13.8 Å². The minimum Gasteiger partial charge on any atom is -0.396 e. The molecule has 4 nitrogen and oxygen atoms in total. The van der Waals surface area contributed by atoms with Crippen molar-refractivity contribution in [3.05, 3.63) is 0 Å². The van der Waals surface area contributed by atoms with Gasteiger partial charge in [0.1, 0.15) is 0 Å². The fourth-order valence-electron chi connectivity index (χ4n) is 0.313. The highest BCUT2D eigenvalue weighted by molar-refractivity contribution is 7.77. The summed E-state index contributed by atoms with van der Waals surface area (Å²) in [7, 11) is 0. The molecule has 0 amide bonds. The molecule has 0 saturated carbocycles. The van der Waals surface area contributed by atoms with Gasteiger partial charge in [-0.25, -0.2) is 8.93 Å². The van der Waals surface area contributed by atoms with Crippen molar-refractivity contribution in [2.24, 2.45) is 5.41 Å². The maximum absolute atomic E-state index is 10.1. The number of hydrogen-bond acceptors (Lipinski definition) is 2. The lowest BCUT2D eigenvalue weighted by molar-refractivity contribution is 0.163. The van der Waals surface area contributed by atoms with Crippen LogP contribution in [0.2, 0.25) is 0 Å². The molecule has 0 aliphatic rings. The maximum Gasteiger partial charge on any atom is 0.231 e. The number of nitrogens with one attached hydrogen (secondary N) is 1. The molecule has 0 aromatic rings. The highest BCUT2D eigenvalue weighted by Gasteiger charge is 2.16. The second-order valence-corrected chi connectivity index (χ2v) is 3.68. The average Bonchev–Trinajstić information content (AvgIpc) is 1.85. The fraction of sp³-hybridized carbons (Fsp3) is 1.00. The molecule has 0 aliphatic heterocycles. The second kappa shape index (κ2) is 4.02. The standard InChI is InChI=1S/C5H13NO3S/c1-5(2,4-7)3-6-10(8)9/h6-7H,3-4H2,1-2H3,(H,8,9). The van der Waals surface area contributed by atoms with Crippen LogP contribution in [0.15, 0.2) is 0 Å². The predicted molar refractivity (Wildman–Crippen MR) is 39.6 cm³/mol. The first-order valence-electron chi connectivity index (χ1n) is 2.93. The van der Waals surface area contributed by atoms with Crippen molar-refractivity contribution in [2.75, 3.05) is 13.2 Å². The van der Waals surface area contributed by atoms with Gasteiger partial charge in [0.2, 0.25) is 11.3 Å². The smallest absolute Gasteiger partial charge is 0.231 e. The van der Waals surface area contributed by atoms with E-state index in [4.69, 9.17) is 9.66 Å². The molecule has 0 rings (SSSR count). The van der Waals surface area contributed by atoms with Crippen molar-refractivity contribution < 1.29 is 13.9 Å². The molecule has 0 radical (unpaired) electrons. The van der Waals surface area contributed by atoms with Crippen LogP contribution in [-0.4, -0.2) is 27.0 Å². The molecule has 3 N–H and O–H groups in total. The van der Waals surface area contributed by atoms with Crippen molar-refractivity contribution in [3.8, 4) is 0 Å². The van der Waals surface area contributed by atoms with Gasteiger partial charge in [0.25, 0.3) is 0 Å². The van der Waals surface area contributed by atoms with Crippen LogP contribution in [0.5, 0.6) is 0 Å². The van der Waals surface area contributed by atoms with Gasteiger partial charge in [0.05, 0.1) is 0 Å². The minimum atomic E-state index is -1.97. The van der Waals surface area contributed by atoms with Crippen LogP contribution in [-0.2, 0) is 11.3 Å². The zero-order valence-corrected chi connectivity index (χ0v) is 6.94. The Balaban J connectivity index is 3.56. The predicted octanol–water partition coefficient (Wildman–Crippen LogP) is -0.269. The van der Waals surface area contributed by atoms with Gasteiger partial charge in [-0.15, -0.1) is 0 Å². The Bertz CT molecular complexity index is 126. The van der Waals surface area contributed by atoms with Crippen LogP contribution in [0.25, 0.3) is 0 Å². The molecule has 0 saturated heterocycles. The molecule has 0 aromatic carbocycles. The van der Waals surface area contributed by atoms with E-state index in [0.717, 1.165) is 0 Å². The number of rotatable bonds is 4. The minimum absolute atomic E-state index is 0.00278. The van der Waals surface area contributed by atoms with Gasteiger partial charge in [-0.3, -0.25) is 4.55 Å². The fourth-order valence-corrected chi connectivity index (χ4v) is 0.827. The summed E-state index contributed by atoms with van der Waals surface area (Å²) in [5.74, 6) is 0. The van der Waals surface area contributed by atoms with E-state index in [2.05, 4.69) is 4.72 Å². The molecule has 1 atom stereocenters. The van der Waals surface area contributed by atoms with E-state index in [1.165, 1.54) is 0 Å². The SMILES string of the molecule is CC(C)(CO)CNS(=O)O. The van der Waals surface area contributed by atoms with E-state index < -0.39 is 11.3 Å². The second-order valence-electron chi connectivity index (χ2n) is 2.89. The van der Waals surface area contributed by atoms with Gasteiger partial charge in [-0.2, -0.15) is 0 Å². The van der Waals surface area contributed by atoms with Gasteiger partial charge in [-0.1, -0.05) is 13.8 Å². The molecule has 5 heteroatoms. The van der Waals surface area contributed by atoms with Crippen molar-refractivity contribution in [3.63, 3.8) is 0 Å². The van der Waals surface area contributed by atoms with Gasteiger partial charge in [-0.05, 0) is 0 Å². The first-order chi connectivity index (χ1) is 4.48. The van der Waals surface area contributed by atoms with Crippen LogP contribution in [0, 0.1) is 5.41 Å². The third-order valence-electron chi connectivity index (χ3n) is 1.10. The Morgan fingerprint density at radius 3 is 2.40 bits per heavy atom. The van der Waals surface area contributed by atoms with Crippen LogP contribution < -0.4 is 4.72 Å². The molecule has 0 heterocycles. The zero-order chi connectivity index (χ0) is 8.20. The largest absolute Gasteiger partial charge is 0.396 e. The molecule has 0 aliphatic carbocycles. The monoisotopic (exact) mass is 167 g/mol. The van der Waals surface area contributed by atoms with Crippen LogP contribution in [0.4, 0.5) is 0 Å². The van der Waals surface area contributed by atoms with Crippen molar-refractivity contribution in [1.29, 1.82) is 0 Å². The summed E-state index contributed by atoms with van der Waals surface area (Å²) in [5.41, 5.74) is -0.335. The van der Waals surface area contributed by atoms with Gasteiger partial charge in [0, 0.05) is 18.6 Å². The first-order valence-corrected chi connectivity index (χ1v) is 4.04. The third-order valence-corrected chi connectivity index (χ3v) is 1.49. The number of hydrogen-bond donors (Lipinski definition) is 3. The first kappa shape index (κ1) is 10.0. The van der Waals surface area contributed by atoms with Gasteiger partial charge < -0.3 is 5.11 Å². The maximum atomic E-state index is 10.1. The third kappa shape index (κ3) is 4.87. The quantitative estimate of drug-likeness (QED) is 0.505. The van der Waals surface area contributed by atoms with Crippen LogP contribution >= 0.6 is 0 Å². The molecule has 62 valence electrons. The lowest BCUT2D eigenvalue weighted by Crippen LogP contribution is -2.32. The topological polar surface area (TPSA) is 69.6 Å². The summed E-state index contributed by atoms with van der Waals surface area (Å²) in [6.07, 6.45) is 0. The summed E-state index contributed by atoms with van der Waals surface area (Å²) >= 11 is -1.97. The zero-order valence-electron chi connectivity index (χ0n) is 6.13. The van der Waals surface area contributed by atoms with E-state index in [9.17, 15) is 4.21 Å². The summed E-state index contributed by atoms with van der Waals surface area (Å²) < 4.78 is 20.7. The van der Waals surface area contributed by atoms with E-state index >= 15 is 0 Å². The summed E-state index contributed by atoms with van der Waals surface area (Å²) in [6.45, 7) is 3.92. The van der Waals surface area contributed by atoms with Crippen LogP contribution in [0.3, 0.4) is 0 Å². The Morgan fingerprint density at radius 1 is 1.60 bits per heavy atom. The molecule has 0 bridgehead atoms. The van der Waals surface area contributed by atoms with Crippen molar-refractivity contribution in [1.82, 2.24) is 4.72 Å². The Kier molecular flexibility index (Phi) is 4.04. The van der Waals surface area contributed by atoms with Crippen molar-refractivity contribution >= 4 is 11.3 Å². The molecule has 0 spiro atoms. The lowest BCUT2D eigenvalue weighted by Gasteiger charge is -2.20. The number of aliphatic hydroxyl groups is 1. The Morgan fingerprint density at radius 2 is 2.10 bits per heavy atom. The van der Waals surface area contributed by atoms with E-state index in [0.29, 0.717) is 6.54 Å². The molecule has 0 fully saturated rings. The van der Waals surface area contributed by atoms with E-state index in [-0.39, 0.29) is 12.0 Å². The average molecular weight is 167 g/mol. The molecule has 10 heavy (non-hydrogen) atoms. The molecular weight excluding hydrogens is 154 g/mol. The lowest BCUT2D eigenvalue weighted by atomic mass is 9.96. The number of aliphatic hydroxyl groups excluding tert-OH is 1. The highest BCUT2D eigenvalue weighted by Crippen LogP contribution is 2.10. The Labute approximate surface area is 63.1 Å². The summed E-state index contributed by atoms with van der Waals surface area (Å²) in [4.78, 5) is 0. The summed E-state index contributed by atoms with van der Waals surface area (Å²) in [5, 5.41) is 8.69. The van der Waals surface area contributed by atoms with Gasteiger partial charge in [0.15, 0.2) is 0 Å². The molecule has 1 unspecified atom stereocenters. The van der Waals surface area contributed by atoms with Crippen LogP contribution in [0.1, 0.15) is 13.8 Å². The van der Waals surface area contributed by atoms with E-state index in [1.807, 2.05) is 0 Å². The Hall–Kier alpha value is 0.0300.